The zero-order valence-corrected chi connectivity index (χ0v) is 10.9. The second-order valence-corrected chi connectivity index (χ2v) is 5.39. The smallest absolute Gasteiger partial charge is 0.0896 e. The maximum Gasteiger partial charge on any atom is 0.0896 e. The van der Waals surface area contributed by atoms with Gasteiger partial charge in [0.2, 0.25) is 0 Å². The summed E-state index contributed by atoms with van der Waals surface area (Å²) in [7, 11) is 0. The van der Waals surface area contributed by atoms with Crippen LogP contribution >= 0.6 is 0 Å². The van der Waals surface area contributed by atoms with E-state index in [1.807, 2.05) is 0 Å². The molecule has 94 valence electrons. The Hall–Kier alpha value is -0.820. The molecule has 0 atom stereocenters. The molecule has 1 heteroatoms. The average molecular weight is 232 g/mol. The number of rotatable bonds is 4. The third-order valence-corrected chi connectivity index (χ3v) is 3.99. The molecule has 0 spiro atoms. The minimum atomic E-state index is -0.540. The Morgan fingerprint density at radius 1 is 1.06 bits per heavy atom. The van der Waals surface area contributed by atoms with Crippen LogP contribution in [0, 0.1) is 0 Å². The predicted molar refractivity (Wildman–Crippen MR) is 72.0 cm³/mol. The van der Waals surface area contributed by atoms with Crippen LogP contribution in [0.4, 0.5) is 0 Å². The number of benzene rings is 1. The largest absolute Gasteiger partial charge is 0.385 e. The second kappa shape index (κ2) is 5.68. The maximum atomic E-state index is 10.6. The quantitative estimate of drug-likeness (QED) is 0.825. The lowest BCUT2D eigenvalue weighted by atomic mass is 9.79. The first-order valence-electron chi connectivity index (χ1n) is 7.06. The summed E-state index contributed by atoms with van der Waals surface area (Å²) in [6.45, 7) is 2.22. The number of hydrogen-bond acceptors (Lipinski definition) is 1. The third-order valence-electron chi connectivity index (χ3n) is 3.99. The van der Waals surface area contributed by atoms with Crippen molar-refractivity contribution in [1.82, 2.24) is 0 Å². The van der Waals surface area contributed by atoms with Crippen LogP contribution in [0.15, 0.2) is 24.3 Å². The van der Waals surface area contributed by atoms with E-state index in [1.165, 1.54) is 24.8 Å². The van der Waals surface area contributed by atoms with Crippen LogP contribution in [0.2, 0.25) is 0 Å². The van der Waals surface area contributed by atoms with Crippen molar-refractivity contribution in [3.05, 3.63) is 35.4 Å². The van der Waals surface area contributed by atoms with Crippen LogP contribution in [0.25, 0.3) is 0 Å². The van der Waals surface area contributed by atoms with Gasteiger partial charge in [-0.3, -0.25) is 0 Å². The molecule has 1 fully saturated rings. The van der Waals surface area contributed by atoms with Gasteiger partial charge >= 0.3 is 0 Å². The van der Waals surface area contributed by atoms with Crippen LogP contribution in [0.1, 0.15) is 63.0 Å². The van der Waals surface area contributed by atoms with Gasteiger partial charge < -0.3 is 5.11 Å². The second-order valence-electron chi connectivity index (χ2n) is 5.39. The molecule has 0 saturated heterocycles. The molecule has 1 saturated carbocycles. The first-order chi connectivity index (χ1) is 8.24. The van der Waals surface area contributed by atoms with E-state index < -0.39 is 5.60 Å². The minimum absolute atomic E-state index is 0.540. The predicted octanol–water partition coefficient (Wildman–Crippen LogP) is 4.18. The summed E-state index contributed by atoms with van der Waals surface area (Å²) < 4.78 is 0. The van der Waals surface area contributed by atoms with E-state index in [4.69, 9.17) is 0 Å². The van der Waals surface area contributed by atoms with Crippen molar-refractivity contribution < 1.29 is 5.11 Å². The highest BCUT2D eigenvalue weighted by Gasteiger charge is 2.30. The highest BCUT2D eigenvalue weighted by Crippen LogP contribution is 2.36. The average Bonchev–Trinajstić information content (AvgIpc) is 2.38. The molecule has 1 aromatic carbocycles. The number of unbranched alkanes of at least 4 members (excludes halogenated alkanes) is 1. The molecule has 0 radical (unpaired) electrons. The van der Waals surface area contributed by atoms with Crippen molar-refractivity contribution in [2.45, 2.75) is 63.9 Å². The minimum Gasteiger partial charge on any atom is -0.385 e. The van der Waals surface area contributed by atoms with Crippen molar-refractivity contribution in [2.24, 2.45) is 0 Å². The van der Waals surface area contributed by atoms with Gasteiger partial charge in [0.05, 0.1) is 5.60 Å². The molecule has 0 heterocycles. The van der Waals surface area contributed by atoms with Crippen molar-refractivity contribution in [3.8, 4) is 0 Å². The van der Waals surface area contributed by atoms with Crippen LogP contribution in [0.3, 0.4) is 0 Å². The van der Waals surface area contributed by atoms with E-state index in [0.717, 1.165) is 37.7 Å². The summed E-state index contributed by atoms with van der Waals surface area (Å²) in [5.41, 5.74) is 1.98. The highest BCUT2D eigenvalue weighted by atomic mass is 16.3. The maximum absolute atomic E-state index is 10.6. The first kappa shape index (κ1) is 12.6. The lowest BCUT2D eigenvalue weighted by Crippen LogP contribution is -2.28. The normalized spacial score (nSPS) is 19.2. The standard InChI is InChI=1S/C16H24O/c1-2-3-7-14-8-10-15(11-9-14)16(17)12-5-4-6-13-16/h8-11,17H,2-7,12-13H2,1H3. The van der Waals surface area contributed by atoms with E-state index in [9.17, 15) is 5.11 Å². The third kappa shape index (κ3) is 3.10. The Balaban J connectivity index is 2.06. The Labute approximate surface area is 105 Å². The topological polar surface area (TPSA) is 20.2 Å². The molecule has 17 heavy (non-hydrogen) atoms. The zero-order valence-electron chi connectivity index (χ0n) is 10.9. The van der Waals surface area contributed by atoms with Gasteiger partial charge in [0.25, 0.3) is 0 Å². The summed E-state index contributed by atoms with van der Waals surface area (Å²) in [4.78, 5) is 0. The molecule has 1 nitrogen and oxygen atoms in total. The summed E-state index contributed by atoms with van der Waals surface area (Å²) in [6.07, 6.45) is 9.12. The Morgan fingerprint density at radius 3 is 2.29 bits per heavy atom. The van der Waals surface area contributed by atoms with Gasteiger partial charge in [-0.05, 0) is 36.8 Å². The van der Waals surface area contributed by atoms with Crippen LogP contribution < -0.4 is 0 Å². The molecular formula is C16H24O. The van der Waals surface area contributed by atoms with Crippen LogP contribution in [-0.4, -0.2) is 5.11 Å². The fourth-order valence-electron chi connectivity index (χ4n) is 2.79. The fraction of sp³-hybridized carbons (Fsp3) is 0.625. The molecular weight excluding hydrogens is 208 g/mol. The number of aryl methyl sites for hydroxylation is 1. The molecule has 1 N–H and O–H groups in total. The lowest BCUT2D eigenvalue weighted by molar-refractivity contribution is -0.000635. The summed E-state index contributed by atoms with van der Waals surface area (Å²) >= 11 is 0. The van der Waals surface area contributed by atoms with Crippen LogP contribution in [-0.2, 0) is 12.0 Å². The summed E-state index contributed by atoms with van der Waals surface area (Å²) in [5, 5.41) is 10.6. The Kier molecular flexibility index (Phi) is 4.22. The van der Waals surface area contributed by atoms with E-state index in [0.29, 0.717) is 0 Å². The fourth-order valence-corrected chi connectivity index (χ4v) is 2.79. The van der Waals surface area contributed by atoms with Crippen molar-refractivity contribution in [2.75, 3.05) is 0 Å². The summed E-state index contributed by atoms with van der Waals surface area (Å²) in [6, 6.07) is 8.65. The molecule has 2 rings (SSSR count). The number of hydrogen-bond donors (Lipinski definition) is 1. The number of aliphatic hydroxyl groups is 1. The molecule has 0 amide bonds. The van der Waals surface area contributed by atoms with Gasteiger partial charge in [0, 0.05) is 0 Å². The van der Waals surface area contributed by atoms with Gasteiger partial charge in [-0.15, -0.1) is 0 Å². The first-order valence-corrected chi connectivity index (χ1v) is 7.06. The molecule has 1 aliphatic rings. The van der Waals surface area contributed by atoms with E-state index >= 15 is 0 Å². The van der Waals surface area contributed by atoms with Gasteiger partial charge in [-0.1, -0.05) is 56.9 Å². The highest BCUT2D eigenvalue weighted by molar-refractivity contribution is 5.27. The van der Waals surface area contributed by atoms with Crippen molar-refractivity contribution in [1.29, 1.82) is 0 Å². The molecule has 0 aliphatic heterocycles. The van der Waals surface area contributed by atoms with Crippen molar-refractivity contribution in [3.63, 3.8) is 0 Å². The summed E-state index contributed by atoms with van der Waals surface area (Å²) in [5.74, 6) is 0. The Bertz CT molecular complexity index is 333. The monoisotopic (exact) mass is 232 g/mol. The van der Waals surface area contributed by atoms with Crippen LogP contribution in [0.5, 0.6) is 0 Å². The molecule has 1 aliphatic carbocycles. The van der Waals surface area contributed by atoms with Gasteiger partial charge in [0.1, 0.15) is 0 Å². The molecule has 0 aromatic heterocycles. The van der Waals surface area contributed by atoms with Gasteiger partial charge in [0.15, 0.2) is 0 Å². The Morgan fingerprint density at radius 2 is 1.71 bits per heavy atom. The van der Waals surface area contributed by atoms with Crippen molar-refractivity contribution >= 4 is 0 Å². The van der Waals surface area contributed by atoms with Gasteiger partial charge in [-0.25, -0.2) is 0 Å². The SMILES string of the molecule is CCCCc1ccc(C2(O)CCCCC2)cc1. The molecule has 0 bridgehead atoms. The molecule has 0 unspecified atom stereocenters. The lowest BCUT2D eigenvalue weighted by Gasteiger charge is -2.32. The zero-order chi connectivity index (χ0) is 12.1. The van der Waals surface area contributed by atoms with E-state index in [2.05, 4.69) is 31.2 Å². The van der Waals surface area contributed by atoms with E-state index in [-0.39, 0.29) is 0 Å². The van der Waals surface area contributed by atoms with Gasteiger partial charge in [-0.2, -0.15) is 0 Å². The molecule has 1 aromatic rings. The van der Waals surface area contributed by atoms with E-state index in [1.54, 1.807) is 0 Å².